The van der Waals surface area contributed by atoms with Gasteiger partial charge >= 0.3 is 0 Å². The van der Waals surface area contributed by atoms with Gasteiger partial charge in [-0.2, -0.15) is 0 Å². The normalized spacial score (nSPS) is 14.5. The fourth-order valence-corrected chi connectivity index (χ4v) is 2.52. The van der Waals surface area contributed by atoms with Crippen LogP contribution >= 0.6 is 0 Å². The molecule has 2 aromatic carbocycles. The first-order valence-electron chi connectivity index (χ1n) is 6.98. The van der Waals surface area contributed by atoms with Gasteiger partial charge in [0.15, 0.2) is 0 Å². The lowest BCUT2D eigenvalue weighted by molar-refractivity contribution is 0.00780. The van der Waals surface area contributed by atoms with Crippen LogP contribution in [0.1, 0.15) is 23.9 Å². The lowest BCUT2D eigenvalue weighted by Crippen LogP contribution is -2.13. The minimum absolute atomic E-state index is 0.314. The molecule has 0 spiro atoms. The monoisotopic (exact) mass is 294 g/mol. The topological polar surface area (TPSA) is 97.8 Å². The van der Waals surface area contributed by atoms with Gasteiger partial charge in [-0.05, 0) is 24.3 Å². The maximum Gasteiger partial charge on any atom is 0.145 e. The molecule has 0 amide bonds. The summed E-state index contributed by atoms with van der Waals surface area (Å²) in [6.45, 7) is 0. The van der Waals surface area contributed by atoms with Gasteiger partial charge in [-0.25, -0.2) is 9.97 Å². The van der Waals surface area contributed by atoms with Crippen LogP contribution in [0.2, 0.25) is 0 Å². The van der Waals surface area contributed by atoms with Gasteiger partial charge in [-0.1, -0.05) is 24.3 Å². The van der Waals surface area contributed by atoms with Crippen LogP contribution in [0.5, 0.6) is 0 Å². The van der Waals surface area contributed by atoms with E-state index in [-0.39, 0.29) is 0 Å². The number of aliphatic hydroxyl groups excluding tert-OH is 2. The Morgan fingerprint density at radius 3 is 1.50 bits per heavy atom. The van der Waals surface area contributed by atoms with Crippen LogP contribution < -0.4 is 0 Å². The van der Waals surface area contributed by atoms with Crippen molar-refractivity contribution < 1.29 is 10.2 Å². The van der Waals surface area contributed by atoms with E-state index in [0.29, 0.717) is 11.6 Å². The molecule has 2 aromatic heterocycles. The van der Waals surface area contributed by atoms with Crippen LogP contribution in [0.25, 0.3) is 22.1 Å². The van der Waals surface area contributed by atoms with E-state index in [1.165, 1.54) is 0 Å². The van der Waals surface area contributed by atoms with Gasteiger partial charge in [0.1, 0.15) is 23.9 Å². The molecule has 2 heterocycles. The number of hydrogen-bond donors (Lipinski definition) is 4. The molecule has 0 saturated carbocycles. The maximum atomic E-state index is 10.4. The molecule has 4 N–H and O–H groups in total. The number of rotatable bonds is 3. The van der Waals surface area contributed by atoms with Gasteiger partial charge in [-0.15, -0.1) is 0 Å². The van der Waals surface area contributed by atoms with Crippen molar-refractivity contribution >= 4 is 22.1 Å². The number of H-pyrrole nitrogens is 2. The summed E-state index contributed by atoms with van der Waals surface area (Å²) in [4.78, 5) is 14.6. The average Bonchev–Trinajstić information content (AvgIpc) is 3.16. The zero-order valence-corrected chi connectivity index (χ0v) is 11.6. The van der Waals surface area contributed by atoms with Gasteiger partial charge in [0.25, 0.3) is 0 Å². The zero-order chi connectivity index (χ0) is 15.1. The largest absolute Gasteiger partial charge is 0.382 e. The van der Waals surface area contributed by atoms with Gasteiger partial charge < -0.3 is 20.2 Å². The van der Waals surface area contributed by atoms with E-state index in [4.69, 9.17) is 0 Å². The minimum Gasteiger partial charge on any atom is -0.382 e. The van der Waals surface area contributed by atoms with Crippen molar-refractivity contribution in [2.24, 2.45) is 0 Å². The smallest absolute Gasteiger partial charge is 0.145 e. The predicted molar refractivity (Wildman–Crippen MR) is 82.1 cm³/mol. The van der Waals surface area contributed by atoms with E-state index >= 15 is 0 Å². The van der Waals surface area contributed by atoms with Crippen LogP contribution in [0.15, 0.2) is 48.5 Å². The summed E-state index contributed by atoms with van der Waals surface area (Å²) in [6, 6.07) is 14.9. The first-order valence-corrected chi connectivity index (χ1v) is 6.98. The molecule has 0 fully saturated rings. The number of hydrogen-bond acceptors (Lipinski definition) is 4. The summed E-state index contributed by atoms with van der Waals surface area (Å²) < 4.78 is 0. The molecule has 0 aliphatic rings. The van der Waals surface area contributed by atoms with Gasteiger partial charge in [0.05, 0.1) is 22.1 Å². The molecular formula is C16H14N4O2. The van der Waals surface area contributed by atoms with Crippen LogP contribution in [-0.4, -0.2) is 30.1 Å². The first kappa shape index (κ1) is 13.0. The Morgan fingerprint density at radius 2 is 1.09 bits per heavy atom. The van der Waals surface area contributed by atoms with E-state index in [2.05, 4.69) is 19.9 Å². The maximum absolute atomic E-state index is 10.4. The summed E-state index contributed by atoms with van der Waals surface area (Å²) in [5, 5.41) is 20.7. The van der Waals surface area contributed by atoms with E-state index in [1.807, 2.05) is 48.5 Å². The van der Waals surface area contributed by atoms with E-state index in [1.54, 1.807) is 0 Å². The van der Waals surface area contributed by atoms with Crippen LogP contribution in [0, 0.1) is 0 Å². The Labute approximate surface area is 125 Å². The second kappa shape index (κ2) is 4.94. The first-order chi connectivity index (χ1) is 10.7. The highest BCUT2D eigenvalue weighted by atomic mass is 16.3. The summed E-state index contributed by atoms with van der Waals surface area (Å²) in [6.07, 6.45) is -2.37. The van der Waals surface area contributed by atoms with Crippen LogP contribution in [-0.2, 0) is 0 Å². The third-order valence-corrected chi connectivity index (χ3v) is 3.67. The van der Waals surface area contributed by atoms with Crippen molar-refractivity contribution in [1.29, 1.82) is 0 Å². The highest BCUT2D eigenvalue weighted by Gasteiger charge is 2.26. The van der Waals surface area contributed by atoms with Crippen molar-refractivity contribution in [2.45, 2.75) is 12.2 Å². The molecule has 6 heteroatoms. The molecule has 0 aliphatic heterocycles. The molecule has 0 radical (unpaired) electrons. The number of nitrogens with one attached hydrogen (secondary N) is 2. The Kier molecular flexibility index (Phi) is 2.92. The molecule has 0 unspecified atom stereocenters. The molecule has 110 valence electrons. The van der Waals surface area contributed by atoms with Gasteiger partial charge in [0, 0.05) is 0 Å². The van der Waals surface area contributed by atoms with Crippen LogP contribution in [0.3, 0.4) is 0 Å². The molecule has 4 aromatic rings. The van der Waals surface area contributed by atoms with Crippen molar-refractivity contribution in [3.8, 4) is 0 Å². The lowest BCUT2D eigenvalue weighted by atomic mass is 10.2. The van der Waals surface area contributed by atoms with E-state index in [9.17, 15) is 10.2 Å². The number of imidazole rings is 2. The second-order valence-electron chi connectivity index (χ2n) is 5.17. The van der Waals surface area contributed by atoms with E-state index < -0.39 is 12.2 Å². The molecule has 4 rings (SSSR count). The number of nitrogens with zero attached hydrogens (tertiary/aromatic N) is 2. The summed E-state index contributed by atoms with van der Waals surface area (Å²) >= 11 is 0. The summed E-state index contributed by atoms with van der Waals surface area (Å²) in [5.41, 5.74) is 3.11. The Bertz CT molecular complexity index is 799. The molecule has 0 aliphatic carbocycles. The third kappa shape index (κ3) is 2.05. The van der Waals surface area contributed by atoms with Crippen molar-refractivity contribution in [3.63, 3.8) is 0 Å². The molecule has 6 nitrogen and oxygen atoms in total. The van der Waals surface area contributed by atoms with Gasteiger partial charge in [-0.3, -0.25) is 0 Å². The summed E-state index contributed by atoms with van der Waals surface area (Å²) in [7, 11) is 0. The highest BCUT2D eigenvalue weighted by molar-refractivity contribution is 5.75. The Morgan fingerprint density at radius 1 is 0.682 bits per heavy atom. The van der Waals surface area contributed by atoms with Crippen molar-refractivity contribution in [1.82, 2.24) is 19.9 Å². The third-order valence-electron chi connectivity index (χ3n) is 3.67. The summed E-state index contributed by atoms with van der Waals surface area (Å²) in [5.74, 6) is 0.628. The lowest BCUT2D eigenvalue weighted by Gasteiger charge is -2.13. The number of benzene rings is 2. The number of aromatic nitrogens is 4. The Hall–Kier alpha value is -2.70. The molecule has 0 saturated heterocycles. The number of aliphatic hydroxyl groups is 2. The minimum atomic E-state index is -1.19. The predicted octanol–water partition coefficient (Wildman–Crippen LogP) is 2.21. The quantitative estimate of drug-likeness (QED) is 0.465. The zero-order valence-electron chi connectivity index (χ0n) is 11.6. The fourth-order valence-electron chi connectivity index (χ4n) is 2.52. The molecule has 22 heavy (non-hydrogen) atoms. The molecule has 0 bridgehead atoms. The second-order valence-corrected chi connectivity index (χ2v) is 5.17. The average molecular weight is 294 g/mol. The number of para-hydroxylation sites is 4. The highest BCUT2D eigenvalue weighted by Crippen LogP contribution is 2.28. The van der Waals surface area contributed by atoms with Gasteiger partial charge in [0.2, 0.25) is 0 Å². The van der Waals surface area contributed by atoms with Crippen molar-refractivity contribution in [2.75, 3.05) is 0 Å². The Balaban J connectivity index is 1.70. The molecular weight excluding hydrogens is 280 g/mol. The fraction of sp³-hybridized carbons (Fsp3) is 0.125. The van der Waals surface area contributed by atoms with Crippen LogP contribution in [0.4, 0.5) is 0 Å². The number of fused-ring (bicyclic) bond motifs is 2. The van der Waals surface area contributed by atoms with Crippen molar-refractivity contribution in [3.05, 3.63) is 60.2 Å². The molecule has 2 atom stereocenters. The number of aromatic amines is 2. The van der Waals surface area contributed by atoms with E-state index in [0.717, 1.165) is 22.1 Å². The SMILES string of the molecule is O[C@@H](c1nc2ccccc2[nH]1)[C@@H](O)c1nc2ccccc2[nH]1. The standard InChI is InChI=1S/C16H14N4O2/c21-13(15-17-9-5-1-2-6-10(9)18-15)14(22)16-19-11-7-3-4-8-12(11)20-16/h1-8,13-14,21-22H,(H,17,18)(H,19,20)/t13-,14-/m1/s1.